The van der Waals surface area contributed by atoms with E-state index in [4.69, 9.17) is 5.73 Å². The van der Waals surface area contributed by atoms with E-state index in [9.17, 15) is 18.5 Å². The summed E-state index contributed by atoms with van der Waals surface area (Å²) in [5.41, 5.74) is 5.17. The smallest absolute Gasteiger partial charge is 0.292 e. The van der Waals surface area contributed by atoms with E-state index in [2.05, 4.69) is 0 Å². The van der Waals surface area contributed by atoms with Crippen LogP contribution in [0.1, 0.15) is 32.6 Å². The summed E-state index contributed by atoms with van der Waals surface area (Å²) >= 11 is 0. The van der Waals surface area contributed by atoms with Gasteiger partial charge in [-0.3, -0.25) is 10.1 Å². The molecule has 0 heterocycles. The van der Waals surface area contributed by atoms with Crippen LogP contribution in [0.4, 0.5) is 11.4 Å². The molecule has 8 heteroatoms. The monoisotopic (exact) mass is 313 g/mol. The second-order valence-corrected chi connectivity index (χ2v) is 7.01. The first kappa shape index (κ1) is 15.7. The van der Waals surface area contributed by atoms with Crippen LogP contribution in [0, 0.1) is 10.1 Å². The van der Waals surface area contributed by atoms with Gasteiger partial charge in [-0.1, -0.05) is 19.8 Å². The van der Waals surface area contributed by atoms with Gasteiger partial charge in [0.25, 0.3) is 5.69 Å². The number of nitrogen functional groups attached to an aromatic ring is 1. The zero-order chi connectivity index (χ0) is 15.6. The summed E-state index contributed by atoms with van der Waals surface area (Å²) in [6.45, 7) is 2.18. The summed E-state index contributed by atoms with van der Waals surface area (Å²) in [6, 6.07) is 3.58. The Morgan fingerprint density at radius 3 is 2.48 bits per heavy atom. The van der Waals surface area contributed by atoms with Crippen molar-refractivity contribution in [1.82, 2.24) is 4.31 Å². The summed E-state index contributed by atoms with van der Waals surface area (Å²) in [4.78, 5) is 10.1. The number of hydrogen-bond acceptors (Lipinski definition) is 5. The van der Waals surface area contributed by atoms with Gasteiger partial charge in [0.05, 0.1) is 9.82 Å². The predicted octanol–water partition coefficient (Wildman–Crippen LogP) is 2.13. The first-order valence-electron chi connectivity index (χ1n) is 6.93. The minimum absolute atomic E-state index is 0.0106. The molecule has 1 saturated carbocycles. The van der Waals surface area contributed by atoms with E-state index in [0.717, 1.165) is 31.7 Å². The summed E-state index contributed by atoms with van der Waals surface area (Å²) in [5, 5.41) is 10.7. The molecule has 1 aromatic carbocycles. The van der Waals surface area contributed by atoms with Crippen molar-refractivity contribution in [3.63, 3.8) is 0 Å². The molecule has 0 aromatic heterocycles. The second kappa shape index (κ2) is 5.98. The van der Waals surface area contributed by atoms with Crippen LogP contribution >= 0.6 is 0 Å². The van der Waals surface area contributed by atoms with E-state index < -0.39 is 14.9 Å². The van der Waals surface area contributed by atoms with Gasteiger partial charge in [0.2, 0.25) is 10.0 Å². The van der Waals surface area contributed by atoms with E-state index in [0.29, 0.717) is 6.54 Å². The average molecular weight is 313 g/mol. The summed E-state index contributed by atoms with van der Waals surface area (Å²) < 4.78 is 26.8. The molecule has 2 rings (SSSR count). The standard InChI is InChI=1S/C13H19N3O4S/c1-2-15(10-5-3-4-6-10)21(19,20)11-7-8-13(16(17)18)12(14)9-11/h7-10H,2-6,14H2,1H3. The lowest BCUT2D eigenvalue weighted by Gasteiger charge is -2.26. The summed E-state index contributed by atoms with van der Waals surface area (Å²) in [7, 11) is -3.67. The molecule has 1 aromatic rings. The predicted molar refractivity (Wildman–Crippen MR) is 79.3 cm³/mol. The highest BCUT2D eigenvalue weighted by Crippen LogP contribution is 2.31. The lowest BCUT2D eigenvalue weighted by Crippen LogP contribution is -2.38. The molecule has 2 N–H and O–H groups in total. The molecule has 7 nitrogen and oxygen atoms in total. The summed E-state index contributed by atoms with van der Waals surface area (Å²) in [5.74, 6) is 0. The first-order valence-corrected chi connectivity index (χ1v) is 8.37. The van der Waals surface area contributed by atoms with Crippen molar-refractivity contribution in [2.75, 3.05) is 12.3 Å². The minimum atomic E-state index is -3.67. The van der Waals surface area contributed by atoms with E-state index in [1.165, 1.54) is 16.4 Å². The van der Waals surface area contributed by atoms with Crippen LogP contribution in [0.15, 0.2) is 23.1 Å². The average Bonchev–Trinajstić information content (AvgIpc) is 2.92. The van der Waals surface area contributed by atoms with E-state index in [-0.39, 0.29) is 22.3 Å². The highest BCUT2D eigenvalue weighted by atomic mass is 32.2. The van der Waals surface area contributed by atoms with Crippen LogP contribution < -0.4 is 5.73 Å². The molecular weight excluding hydrogens is 294 g/mol. The van der Waals surface area contributed by atoms with Gasteiger partial charge in [0.1, 0.15) is 5.69 Å². The number of nitrogens with two attached hydrogens (primary N) is 1. The molecule has 1 aliphatic rings. The molecule has 0 aliphatic heterocycles. The van der Waals surface area contributed by atoms with Crippen LogP contribution in [0.5, 0.6) is 0 Å². The van der Waals surface area contributed by atoms with Gasteiger partial charge in [-0.25, -0.2) is 8.42 Å². The van der Waals surface area contributed by atoms with Crippen molar-refractivity contribution in [1.29, 1.82) is 0 Å². The fraction of sp³-hybridized carbons (Fsp3) is 0.538. The number of benzene rings is 1. The Labute approximate surface area is 123 Å². The summed E-state index contributed by atoms with van der Waals surface area (Å²) in [6.07, 6.45) is 3.77. The number of nitrogens with zero attached hydrogens (tertiary/aromatic N) is 2. The lowest BCUT2D eigenvalue weighted by atomic mass is 10.2. The Bertz CT molecular complexity index is 639. The van der Waals surface area contributed by atoms with E-state index in [1.807, 2.05) is 0 Å². The van der Waals surface area contributed by atoms with Crippen molar-refractivity contribution >= 4 is 21.4 Å². The Morgan fingerprint density at radius 1 is 1.38 bits per heavy atom. The van der Waals surface area contributed by atoms with Gasteiger partial charge in [-0.05, 0) is 25.0 Å². The van der Waals surface area contributed by atoms with Gasteiger partial charge in [0.15, 0.2) is 0 Å². The Hall–Kier alpha value is -1.67. The fourth-order valence-electron chi connectivity index (χ4n) is 2.81. The molecule has 116 valence electrons. The molecule has 1 aliphatic carbocycles. The van der Waals surface area contributed by atoms with Gasteiger partial charge in [0, 0.05) is 18.7 Å². The van der Waals surface area contributed by atoms with E-state index >= 15 is 0 Å². The van der Waals surface area contributed by atoms with Gasteiger partial charge < -0.3 is 5.73 Å². The van der Waals surface area contributed by atoms with E-state index in [1.54, 1.807) is 6.92 Å². The lowest BCUT2D eigenvalue weighted by molar-refractivity contribution is -0.383. The maximum absolute atomic E-state index is 12.7. The minimum Gasteiger partial charge on any atom is -0.393 e. The molecule has 0 spiro atoms. The number of anilines is 1. The number of rotatable bonds is 5. The molecule has 0 amide bonds. The topological polar surface area (TPSA) is 107 Å². The number of sulfonamides is 1. The molecule has 0 atom stereocenters. The van der Waals surface area contributed by atoms with Crippen LogP contribution in [0.3, 0.4) is 0 Å². The van der Waals surface area contributed by atoms with Crippen molar-refractivity contribution < 1.29 is 13.3 Å². The van der Waals surface area contributed by atoms with Gasteiger partial charge >= 0.3 is 0 Å². The third-order valence-electron chi connectivity index (χ3n) is 3.85. The number of hydrogen-bond donors (Lipinski definition) is 1. The SMILES string of the molecule is CCN(C1CCCC1)S(=O)(=O)c1ccc([N+](=O)[O-])c(N)c1. The highest BCUT2D eigenvalue weighted by molar-refractivity contribution is 7.89. The maximum atomic E-state index is 12.7. The molecule has 21 heavy (non-hydrogen) atoms. The second-order valence-electron chi connectivity index (χ2n) is 5.12. The van der Waals surface area contributed by atoms with Crippen LogP contribution in [0.2, 0.25) is 0 Å². The van der Waals surface area contributed by atoms with Crippen LogP contribution in [0.25, 0.3) is 0 Å². The molecule has 0 unspecified atom stereocenters. The number of nitro groups is 1. The largest absolute Gasteiger partial charge is 0.393 e. The number of nitro benzene ring substituents is 1. The Morgan fingerprint density at radius 2 is 2.00 bits per heavy atom. The third kappa shape index (κ3) is 3.01. The fourth-order valence-corrected chi connectivity index (χ4v) is 4.54. The highest BCUT2D eigenvalue weighted by Gasteiger charge is 2.32. The van der Waals surface area contributed by atoms with Gasteiger partial charge in [-0.15, -0.1) is 0 Å². The van der Waals surface area contributed by atoms with Crippen LogP contribution in [-0.4, -0.2) is 30.2 Å². The first-order chi connectivity index (χ1) is 9.87. The van der Waals surface area contributed by atoms with Crippen molar-refractivity contribution in [2.24, 2.45) is 0 Å². The van der Waals surface area contributed by atoms with Crippen molar-refractivity contribution in [3.05, 3.63) is 28.3 Å². The van der Waals surface area contributed by atoms with Crippen molar-refractivity contribution in [3.8, 4) is 0 Å². The molecule has 0 bridgehead atoms. The third-order valence-corrected chi connectivity index (χ3v) is 5.87. The van der Waals surface area contributed by atoms with Gasteiger partial charge in [-0.2, -0.15) is 4.31 Å². The molecular formula is C13H19N3O4S. The Kier molecular flexibility index (Phi) is 4.48. The zero-order valence-electron chi connectivity index (χ0n) is 11.9. The van der Waals surface area contributed by atoms with Crippen molar-refractivity contribution in [2.45, 2.75) is 43.5 Å². The molecule has 1 fully saturated rings. The van der Waals surface area contributed by atoms with Crippen LogP contribution in [-0.2, 0) is 10.0 Å². The quantitative estimate of drug-likeness (QED) is 0.509. The molecule has 0 saturated heterocycles. The normalized spacial score (nSPS) is 16.5. The Balaban J connectivity index is 2.38. The molecule has 0 radical (unpaired) electrons. The maximum Gasteiger partial charge on any atom is 0.292 e. The zero-order valence-corrected chi connectivity index (χ0v) is 12.7.